The SMILES string of the molecule is CCCC1CCN(C(=O)c2ccc([N+](=O)[O-])c(F)c2)CC1. The van der Waals surface area contributed by atoms with Crippen LogP contribution < -0.4 is 0 Å². The average Bonchev–Trinajstić information content (AvgIpc) is 2.47. The topological polar surface area (TPSA) is 63.5 Å². The second-order valence-electron chi connectivity index (χ2n) is 5.45. The van der Waals surface area contributed by atoms with E-state index >= 15 is 0 Å². The predicted octanol–water partition coefficient (Wildman–Crippen LogP) is 3.39. The molecule has 1 aromatic carbocycles. The van der Waals surface area contributed by atoms with Gasteiger partial charge in [0.05, 0.1) is 4.92 Å². The number of benzene rings is 1. The van der Waals surface area contributed by atoms with Crippen LogP contribution in [0.5, 0.6) is 0 Å². The van der Waals surface area contributed by atoms with Gasteiger partial charge in [-0.2, -0.15) is 4.39 Å². The van der Waals surface area contributed by atoms with Gasteiger partial charge in [-0.25, -0.2) is 0 Å². The lowest BCUT2D eigenvalue weighted by atomic mass is 9.92. The molecule has 0 aliphatic carbocycles. The molecule has 0 radical (unpaired) electrons. The summed E-state index contributed by atoms with van der Waals surface area (Å²) in [7, 11) is 0. The molecule has 1 fully saturated rings. The minimum absolute atomic E-state index is 0.173. The smallest absolute Gasteiger partial charge is 0.304 e. The van der Waals surface area contributed by atoms with Gasteiger partial charge in [-0.1, -0.05) is 19.8 Å². The summed E-state index contributed by atoms with van der Waals surface area (Å²) >= 11 is 0. The summed E-state index contributed by atoms with van der Waals surface area (Å²) in [6.07, 6.45) is 4.25. The third-order valence-corrected chi connectivity index (χ3v) is 3.99. The molecule has 1 saturated heterocycles. The zero-order valence-electron chi connectivity index (χ0n) is 12.0. The number of amides is 1. The number of likely N-dealkylation sites (tertiary alicyclic amines) is 1. The maximum atomic E-state index is 13.6. The Hall–Kier alpha value is -1.98. The molecule has 1 aliphatic rings. The molecule has 0 bridgehead atoms. The van der Waals surface area contributed by atoms with Crippen molar-refractivity contribution in [3.63, 3.8) is 0 Å². The van der Waals surface area contributed by atoms with Crippen molar-refractivity contribution in [2.75, 3.05) is 13.1 Å². The molecule has 1 amide bonds. The van der Waals surface area contributed by atoms with E-state index in [0.717, 1.165) is 31.4 Å². The van der Waals surface area contributed by atoms with Crippen LogP contribution in [0.25, 0.3) is 0 Å². The Morgan fingerprint density at radius 3 is 2.62 bits per heavy atom. The Morgan fingerprint density at radius 2 is 2.10 bits per heavy atom. The molecule has 0 atom stereocenters. The zero-order valence-corrected chi connectivity index (χ0v) is 12.0. The molecule has 0 N–H and O–H groups in total. The quantitative estimate of drug-likeness (QED) is 0.631. The first-order valence-corrected chi connectivity index (χ1v) is 7.26. The number of hydrogen-bond acceptors (Lipinski definition) is 3. The van der Waals surface area contributed by atoms with Gasteiger partial charge in [0.2, 0.25) is 5.82 Å². The largest absolute Gasteiger partial charge is 0.339 e. The molecule has 2 rings (SSSR count). The number of piperidine rings is 1. The summed E-state index contributed by atoms with van der Waals surface area (Å²) in [6.45, 7) is 3.49. The highest BCUT2D eigenvalue weighted by Crippen LogP contribution is 2.24. The number of nitrogens with zero attached hydrogens (tertiary/aromatic N) is 2. The third kappa shape index (κ3) is 3.56. The van der Waals surface area contributed by atoms with Gasteiger partial charge < -0.3 is 4.90 Å². The van der Waals surface area contributed by atoms with Gasteiger partial charge in [-0.05, 0) is 30.9 Å². The molecule has 1 aromatic rings. The molecule has 5 nitrogen and oxygen atoms in total. The third-order valence-electron chi connectivity index (χ3n) is 3.99. The highest BCUT2D eigenvalue weighted by atomic mass is 19.1. The number of halogens is 1. The molecule has 114 valence electrons. The van der Waals surface area contributed by atoms with Gasteiger partial charge in [0.1, 0.15) is 0 Å². The Bertz CT molecular complexity index is 540. The van der Waals surface area contributed by atoms with E-state index in [1.165, 1.54) is 12.5 Å². The lowest BCUT2D eigenvalue weighted by molar-refractivity contribution is -0.387. The van der Waals surface area contributed by atoms with Crippen LogP contribution in [0.1, 0.15) is 43.0 Å². The minimum atomic E-state index is -0.966. The van der Waals surface area contributed by atoms with E-state index in [2.05, 4.69) is 6.92 Å². The molecule has 0 unspecified atom stereocenters. The molecule has 6 heteroatoms. The van der Waals surface area contributed by atoms with Crippen molar-refractivity contribution in [1.82, 2.24) is 4.90 Å². The fourth-order valence-electron chi connectivity index (χ4n) is 2.80. The maximum Gasteiger partial charge on any atom is 0.304 e. The molecular weight excluding hydrogens is 275 g/mol. The van der Waals surface area contributed by atoms with Gasteiger partial charge in [0, 0.05) is 24.7 Å². The van der Waals surface area contributed by atoms with E-state index in [1.54, 1.807) is 4.90 Å². The normalized spacial score (nSPS) is 16.0. The highest BCUT2D eigenvalue weighted by molar-refractivity contribution is 5.94. The lowest BCUT2D eigenvalue weighted by Gasteiger charge is -2.32. The first-order chi connectivity index (χ1) is 10.0. The summed E-state index contributed by atoms with van der Waals surface area (Å²) < 4.78 is 13.6. The average molecular weight is 294 g/mol. The van der Waals surface area contributed by atoms with Crippen molar-refractivity contribution in [2.45, 2.75) is 32.6 Å². The Balaban J connectivity index is 2.04. The van der Waals surface area contributed by atoms with E-state index in [4.69, 9.17) is 0 Å². The van der Waals surface area contributed by atoms with Crippen LogP contribution >= 0.6 is 0 Å². The fourth-order valence-corrected chi connectivity index (χ4v) is 2.80. The molecule has 0 aromatic heterocycles. The Morgan fingerprint density at radius 1 is 1.43 bits per heavy atom. The monoisotopic (exact) mass is 294 g/mol. The van der Waals surface area contributed by atoms with Gasteiger partial charge in [-0.15, -0.1) is 0 Å². The van der Waals surface area contributed by atoms with Crippen LogP contribution in [-0.2, 0) is 0 Å². The number of nitro groups is 1. The standard InChI is InChI=1S/C15H19FN2O3/c1-2-3-11-6-8-17(9-7-11)15(19)12-4-5-14(18(20)21)13(16)10-12/h4-5,10-11H,2-3,6-9H2,1H3. The highest BCUT2D eigenvalue weighted by Gasteiger charge is 2.24. The van der Waals surface area contributed by atoms with E-state index in [9.17, 15) is 19.3 Å². The van der Waals surface area contributed by atoms with Gasteiger partial charge in [0.25, 0.3) is 5.91 Å². The molecule has 1 heterocycles. The minimum Gasteiger partial charge on any atom is -0.339 e. The van der Waals surface area contributed by atoms with Crippen LogP contribution in [0.15, 0.2) is 18.2 Å². The molecule has 0 spiro atoms. The van der Waals surface area contributed by atoms with Crippen LogP contribution in [-0.4, -0.2) is 28.8 Å². The second-order valence-corrected chi connectivity index (χ2v) is 5.45. The predicted molar refractivity (Wildman–Crippen MR) is 76.6 cm³/mol. The number of carbonyl (C=O) groups is 1. The lowest BCUT2D eigenvalue weighted by Crippen LogP contribution is -2.38. The molecule has 0 saturated carbocycles. The number of rotatable bonds is 4. The van der Waals surface area contributed by atoms with Crippen molar-refractivity contribution in [2.24, 2.45) is 5.92 Å². The van der Waals surface area contributed by atoms with Crippen molar-refractivity contribution in [3.8, 4) is 0 Å². The van der Waals surface area contributed by atoms with Crippen molar-refractivity contribution in [1.29, 1.82) is 0 Å². The number of carbonyl (C=O) groups excluding carboxylic acids is 1. The van der Waals surface area contributed by atoms with Crippen LogP contribution in [0, 0.1) is 21.8 Å². The van der Waals surface area contributed by atoms with E-state index < -0.39 is 16.4 Å². The Kier molecular flexibility index (Phi) is 4.88. The van der Waals surface area contributed by atoms with Crippen LogP contribution in [0.3, 0.4) is 0 Å². The summed E-state index contributed by atoms with van der Waals surface area (Å²) in [6, 6.07) is 3.33. The van der Waals surface area contributed by atoms with E-state index in [-0.39, 0.29) is 11.5 Å². The van der Waals surface area contributed by atoms with Crippen molar-refractivity contribution < 1.29 is 14.1 Å². The first-order valence-electron chi connectivity index (χ1n) is 7.26. The maximum absolute atomic E-state index is 13.6. The van der Waals surface area contributed by atoms with Crippen LogP contribution in [0.2, 0.25) is 0 Å². The summed E-state index contributed by atoms with van der Waals surface area (Å²) in [4.78, 5) is 23.8. The number of hydrogen-bond donors (Lipinski definition) is 0. The number of nitro benzene ring substituents is 1. The first kappa shape index (κ1) is 15.4. The fraction of sp³-hybridized carbons (Fsp3) is 0.533. The summed E-state index contributed by atoms with van der Waals surface area (Å²) in [5.41, 5.74) is -0.430. The van der Waals surface area contributed by atoms with Crippen molar-refractivity contribution in [3.05, 3.63) is 39.7 Å². The summed E-state index contributed by atoms with van der Waals surface area (Å²) in [5.74, 6) is -0.557. The van der Waals surface area contributed by atoms with Crippen molar-refractivity contribution >= 4 is 11.6 Å². The van der Waals surface area contributed by atoms with E-state index in [0.29, 0.717) is 19.0 Å². The van der Waals surface area contributed by atoms with Gasteiger partial charge in [-0.3, -0.25) is 14.9 Å². The van der Waals surface area contributed by atoms with E-state index in [1.807, 2.05) is 0 Å². The summed E-state index contributed by atoms with van der Waals surface area (Å²) in [5, 5.41) is 10.6. The molecule has 1 aliphatic heterocycles. The van der Waals surface area contributed by atoms with Crippen LogP contribution in [0.4, 0.5) is 10.1 Å². The van der Waals surface area contributed by atoms with Gasteiger partial charge >= 0.3 is 5.69 Å². The zero-order chi connectivity index (χ0) is 15.4. The second kappa shape index (κ2) is 6.65. The Labute approximate surface area is 122 Å². The molecule has 21 heavy (non-hydrogen) atoms. The van der Waals surface area contributed by atoms with Gasteiger partial charge in [0.15, 0.2) is 0 Å². The molecular formula is C15H19FN2O3.